The van der Waals surface area contributed by atoms with Crippen LogP contribution in [0.3, 0.4) is 0 Å². The van der Waals surface area contributed by atoms with E-state index >= 15 is 0 Å². The lowest BCUT2D eigenvalue weighted by Crippen LogP contribution is -2.29. The predicted molar refractivity (Wildman–Crippen MR) is 70.4 cm³/mol. The minimum absolute atomic E-state index is 0.0444. The van der Waals surface area contributed by atoms with Gasteiger partial charge >= 0.3 is 0 Å². The van der Waals surface area contributed by atoms with Gasteiger partial charge in [-0.1, -0.05) is 6.07 Å². The molecule has 96 valence electrons. The van der Waals surface area contributed by atoms with E-state index in [0.717, 1.165) is 5.56 Å². The van der Waals surface area contributed by atoms with Gasteiger partial charge in [-0.25, -0.2) is 13.1 Å². The maximum atomic E-state index is 11.1. The van der Waals surface area contributed by atoms with Gasteiger partial charge in [-0.2, -0.15) is 0 Å². The van der Waals surface area contributed by atoms with Crippen molar-refractivity contribution in [1.29, 1.82) is 0 Å². The van der Waals surface area contributed by atoms with Gasteiger partial charge in [0, 0.05) is 13.1 Å². The Hall–Kier alpha value is -0.630. The third kappa shape index (κ3) is 5.03. The average molecular weight is 323 g/mol. The molecule has 0 aliphatic carbocycles. The first-order valence-electron chi connectivity index (χ1n) is 5.04. The van der Waals surface area contributed by atoms with E-state index in [0.29, 0.717) is 17.6 Å². The molecule has 7 heteroatoms. The second kappa shape index (κ2) is 6.34. The fraction of sp³-hybridized carbons (Fsp3) is 0.400. The first kappa shape index (κ1) is 14.4. The number of rotatable bonds is 6. The van der Waals surface area contributed by atoms with Crippen molar-refractivity contribution in [2.45, 2.75) is 6.54 Å². The summed E-state index contributed by atoms with van der Waals surface area (Å²) in [6.07, 6.45) is 0. The third-order valence-electron chi connectivity index (χ3n) is 2.20. The molecule has 0 saturated heterocycles. The first-order chi connectivity index (χ1) is 7.94. The Kier molecular flexibility index (Phi) is 5.38. The van der Waals surface area contributed by atoms with Gasteiger partial charge in [0.2, 0.25) is 10.0 Å². The highest BCUT2D eigenvalue weighted by Gasteiger charge is 2.05. The minimum atomic E-state index is -3.15. The van der Waals surface area contributed by atoms with E-state index in [1.807, 2.05) is 0 Å². The molecule has 1 aromatic carbocycles. The second-order valence-electron chi connectivity index (χ2n) is 3.49. The van der Waals surface area contributed by atoms with Crippen LogP contribution in [0.4, 0.5) is 0 Å². The molecule has 0 bridgehead atoms. The standard InChI is InChI=1S/C10H15BrN2O3S/c1-12-17(15,16)5-4-13-7-8-2-3-10(14)9(11)6-8/h2-3,6,12-14H,4-5,7H2,1H3. The van der Waals surface area contributed by atoms with Crippen LogP contribution in [0.15, 0.2) is 22.7 Å². The van der Waals surface area contributed by atoms with Crippen LogP contribution in [0.1, 0.15) is 5.56 Å². The molecule has 3 N–H and O–H groups in total. The van der Waals surface area contributed by atoms with Gasteiger partial charge in [0.1, 0.15) is 5.75 Å². The molecule has 0 spiro atoms. The van der Waals surface area contributed by atoms with Crippen LogP contribution in [-0.4, -0.2) is 32.9 Å². The highest BCUT2D eigenvalue weighted by molar-refractivity contribution is 9.10. The van der Waals surface area contributed by atoms with Crippen molar-refractivity contribution >= 4 is 26.0 Å². The van der Waals surface area contributed by atoms with Crippen LogP contribution in [-0.2, 0) is 16.6 Å². The lowest BCUT2D eigenvalue weighted by molar-refractivity contribution is 0.471. The normalized spacial score (nSPS) is 11.6. The molecule has 0 heterocycles. The fourth-order valence-electron chi connectivity index (χ4n) is 1.20. The highest BCUT2D eigenvalue weighted by atomic mass is 79.9. The van der Waals surface area contributed by atoms with Crippen molar-refractivity contribution in [2.24, 2.45) is 0 Å². The summed E-state index contributed by atoms with van der Waals surface area (Å²) in [5, 5.41) is 12.3. The Morgan fingerprint density at radius 1 is 1.41 bits per heavy atom. The monoisotopic (exact) mass is 322 g/mol. The number of phenolic OH excluding ortho intramolecular Hbond substituents is 1. The van der Waals surface area contributed by atoms with Gasteiger partial charge in [-0.15, -0.1) is 0 Å². The molecule has 0 aliphatic rings. The fourth-order valence-corrected chi connectivity index (χ4v) is 2.25. The van der Waals surface area contributed by atoms with Gasteiger partial charge in [0.15, 0.2) is 0 Å². The molecule has 0 aromatic heterocycles. The van der Waals surface area contributed by atoms with E-state index in [1.54, 1.807) is 18.2 Å². The Balaban J connectivity index is 2.39. The number of halogens is 1. The van der Waals surface area contributed by atoms with Crippen LogP contribution < -0.4 is 10.0 Å². The lowest BCUT2D eigenvalue weighted by Gasteiger charge is -2.06. The molecule has 0 unspecified atom stereocenters. The van der Waals surface area contributed by atoms with Crippen LogP contribution in [0.5, 0.6) is 5.75 Å². The zero-order chi connectivity index (χ0) is 12.9. The van der Waals surface area contributed by atoms with Crippen LogP contribution in [0.2, 0.25) is 0 Å². The van der Waals surface area contributed by atoms with Gasteiger partial charge < -0.3 is 10.4 Å². The van der Waals surface area contributed by atoms with Crippen LogP contribution in [0, 0.1) is 0 Å². The number of benzene rings is 1. The van der Waals surface area contributed by atoms with E-state index in [9.17, 15) is 13.5 Å². The van der Waals surface area contributed by atoms with E-state index in [-0.39, 0.29) is 11.5 Å². The van der Waals surface area contributed by atoms with E-state index in [4.69, 9.17) is 0 Å². The number of hydrogen-bond acceptors (Lipinski definition) is 4. The number of nitrogens with one attached hydrogen (secondary N) is 2. The summed E-state index contributed by atoms with van der Waals surface area (Å²) in [4.78, 5) is 0. The molecule has 17 heavy (non-hydrogen) atoms. The lowest BCUT2D eigenvalue weighted by atomic mass is 10.2. The Morgan fingerprint density at radius 2 is 2.12 bits per heavy atom. The molecule has 0 atom stereocenters. The average Bonchev–Trinajstić information content (AvgIpc) is 2.29. The first-order valence-corrected chi connectivity index (χ1v) is 7.48. The second-order valence-corrected chi connectivity index (χ2v) is 6.39. The highest BCUT2D eigenvalue weighted by Crippen LogP contribution is 2.23. The van der Waals surface area contributed by atoms with Crippen molar-refractivity contribution in [3.05, 3.63) is 28.2 Å². The summed E-state index contributed by atoms with van der Waals surface area (Å²) in [6.45, 7) is 0.930. The Labute approximate surface area is 109 Å². The predicted octanol–water partition coefficient (Wildman–Crippen LogP) is 0.794. The van der Waals surface area contributed by atoms with Crippen molar-refractivity contribution in [3.8, 4) is 5.75 Å². The molecule has 0 amide bonds. The molecular formula is C10H15BrN2O3S. The van der Waals surface area contributed by atoms with Crippen molar-refractivity contribution < 1.29 is 13.5 Å². The van der Waals surface area contributed by atoms with Crippen molar-refractivity contribution in [2.75, 3.05) is 19.3 Å². The topological polar surface area (TPSA) is 78.4 Å². The summed E-state index contributed by atoms with van der Waals surface area (Å²) in [5.74, 6) is 0.231. The van der Waals surface area contributed by atoms with E-state index in [2.05, 4.69) is 26.0 Å². The van der Waals surface area contributed by atoms with Gasteiger partial charge in [-0.05, 0) is 40.7 Å². The zero-order valence-corrected chi connectivity index (χ0v) is 11.8. The number of phenols is 1. The summed E-state index contributed by atoms with van der Waals surface area (Å²) >= 11 is 3.21. The molecular weight excluding hydrogens is 308 g/mol. The van der Waals surface area contributed by atoms with E-state index in [1.165, 1.54) is 7.05 Å². The number of hydrogen-bond donors (Lipinski definition) is 3. The SMILES string of the molecule is CNS(=O)(=O)CCNCc1ccc(O)c(Br)c1. The zero-order valence-electron chi connectivity index (χ0n) is 9.40. The van der Waals surface area contributed by atoms with E-state index < -0.39 is 10.0 Å². The maximum absolute atomic E-state index is 11.1. The summed E-state index contributed by atoms with van der Waals surface area (Å²) in [6, 6.07) is 5.15. The van der Waals surface area contributed by atoms with Gasteiger partial charge in [-0.3, -0.25) is 0 Å². The minimum Gasteiger partial charge on any atom is -0.507 e. The maximum Gasteiger partial charge on any atom is 0.212 e. The van der Waals surface area contributed by atoms with Gasteiger partial charge in [0.05, 0.1) is 10.2 Å². The molecule has 0 fully saturated rings. The smallest absolute Gasteiger partial charge is 0.212 e. The quantitative estimate of drug-likeness (QED) is 0.677. The molecule has 5 nitrogen and oxygen atoms in total. The summed E-state index contributed by atoms with van der Waals surface area (Å²) in [7, 11) is -1.76. The van der Waals surface area contributed by atoms with Gasteiger partial charge in [0.25, 0.3) is 0 Å². The Bertz CT molecular complexity index is 476. The molecule has 0 radical (unpaired) electrons. The largest absolute Gasteiger partial charge is 0.507 e. The van der Waals surface area contributed by atoms with Crippen molar-refractivity contribution in [3.63, 3.8) is 0 Å². The Morgan fingerprint density at radius 3 is 2.71 bits per heavy atom. The van der Waals surface area contributed by atoms with Crippen LogP contribution in [0.25, 0.3) is 0 Å². The summed E-state index contributed by atoms with van der Waals surface area (Å²) < 4.78 is 25.1. The molecule has 1 rings (SSSR count). The molecule has 0 saturated carbocycles. The van der Waals surface area contributed by atoms with Crippen LogP contribution >= 0.6 is 15.9 Å². The third-order valence-corrected chi connectivity index (χ3v) is 4.20. The van der Waals surface area contributed by atoms with Crippen molar-refractivity contribution in [1.82, 2.24) is 10.0 Å². The number of sulfonamides is 1. The molecule has 0 aliphatic heterocycles. The molecule has 1 aromatic rings. The number of aromatic hydroxyl groups is 1. The summed E-state index contributed by atoms with van der Waals surface area (Å²) in [5.41, 5.74) is 0.969.